The highest BCUT2D eigenvalue weighted by Gasteiger charge is 1.97. The van der Waals surface area contributed by atoms with Gasteiger partial charge in [-0.25, -0.2) is 0 Å². The molecule has 0 rings (SSSR count). The smallest absolute Gasteiger partial charge is 0.303 e. The molecular formula is C8H17NO2. The molecule has 0 amide bonds. The molecule has 0 heterocycles. The zero-order valence-corrected chi connectivity index (χ0v) is 7.34. The molecule has 0 atom stereocenters. The van der Waals surface area contributed by atoms with Crippen LogP contribution in [0.25, 0.3) is 0 Å². The normalized spacial score (nSPS) is 10.5. The van der Waals surface area contributed by atoms with Crippen LogP contribution < -0.4 is 0 Å². The van der Waals surface area contributed by atoms with Crippen LogP contribution in [0.2, 0.25) is 0 Å². The van der Waals surface area contributed by atoms with Gasteiger partial charge >= 0.3 is 5.97 Å². The monoisotopic (exact) mass is 159 g/mol. The van der Waals surface area contributed by atoms with Crippen LogP contribution in [0, 0.1) is 0 Å². The Bertz CT molecular complexity index is 115. The predicted octanol–water partition coefficient (Wildman–Crippen LogP) is 1.19. The molecule has 0 aromatic heterocycles. The second-order valence-electron chi connectivity index (χ2n) is 2.75. The van der Waals surface area contributed by atoms with Crippen molar-refractivity contribution in [2.75, 3.05) is 20.1 Å². The van der Waals surface area contributed by atoms with Gasteiger partial charge in [-0.3, -0.25) is 4.79 Å². The van der Waals surface area contributed by atoms with Crippen LogP contribution in [0.3, 0.4) is 0 Å². The Kier molecular flexibility index (Phi) is 5.84. The zero-order valence-electron chi connectivity index (χ0n) is 7.34. The molecule has 3 nitrogen and oxygen atoms in total. The highest BCUT2D eigenvalue weighted by molar-refractivity contribution is 5.66. The van der Waals surface area contributed by atoms with E-state index in [2.05, 4.69) is 11.8 Å². The molecule has 0 saturated carbocycles. The summed E-state index contributed by atoms with van der Waals surface area (Å²) in [7, 11) is 2.04. The minimum absolute atomic E-state index is 0.303. The summed E-state index contributed by atoms with van der Waals surface area (Å²) in [5, 5.41) is 8.32. The van der Waals surface area contributed by atoms with E-state index in [1.807, 2.05) is 7.05 Å². The number of unbranched alkanes of at least 4 members (excludes halogenated alkanes) is 1. The molecule has 11 heavy (non-hydrogen) atoms. The van der Waals surface area contributed by atoms with Gasteiger partial charge in [-0.2, -0.15) is 0 Å². The van der Waals surface area contributed by atoms with Crippen molar-refractivity contribution >= 4 is 5.97 Å². The van der Waals surface area contributed by atoms with Crippen molar-refractivity contribution < 1.29 is 9.90 Å². The van der Waals surface area contributed by atoms with Crippen molar-refractivity contribution in [2.24, 2.45) is 0 Å². The molecule has 0 unspecified atom stereocenters. The van der Waals surface area contributed by atoms with Crippen molar-refractivity contribution in [3.63, 3.8) is 0 Å². The van der Waals surface area contributed by atoms with Crippen molar-refractivity contribution in [1.82, 2.24) is 4.90 Å². The van der Waals surface area contributed by atoms with Crippen LogP contribution in [0.4, 0.5) is 0 Å². The molecule has 0 aliphatic carbocycles. The first-order chi connectivity index (χ1) is 5.16. The number of nitrogens with zero attached hydrogens (tertiary/aromatic N) is 1. The average molecular weight is 159 g/mol. The van der Waals surface area contributed by atoms with E-state index >= 15 is 0 Å². The van der Waals surface area contributed by atoms with E-state index in [0.717, 1.165) is 25.9 Å². The molecule has 66 valence electrons. The number of hydrogen-bond donors (Lipinski definition) is 1. The number of carboxylic acids is 1. The first-order valence-electron chi connectivity index (χ1n) is 4.07. The lowest BCUT2D eigenvalue weighted by Gasteiger charge is -2.12. The second-order valence-corrected chi connectivity index (χ2v) is 2.75. The van der Waals surface area contributed by atoms with Crippen LogP contribution in [0.15, 0.2) is 0 Å². The minimum atomic E-state index is -0.691. The number of rotatable bonds is 6. The van der Waals surface area contributed by atoms with Crippen molar-refractivity contribution in [3.05, 3.63) is 0 Å². The Morgan fingerprint density at radius 2 is 2.09 bits per heavy atom. The fourth-order valence-corrected chi connectivity index (χ4v) is 0.816. The SMILES string of the molecule is CCN(C)CCCCC(=O)O. The maximum atomic E-state index is 10.1. The summed E-state index contributed by atoms with van der Waals surface area (Å²) in [5.74, 6) is -0.691. The molecule has 3 heteroatoms. The Labute approximate surface area is 68.0 Å². The van der Waals surface area contributed by atoms with E-state index < -0.39 is 5.97 Å². The van der Waals surface area contributed by atoms with Crippen LogP contribution >= 0.6 is 0 Å². The van der Waals surface area contributed by atoms with Gasteiger partial charge in [0.1, 0.15) is 0 Å². The quantitative estimate of drug-likeness (QED) is 0.592. The lowest BCUT2D eigenvalue weighted by molar-refractivity contribution is -0.137. The molecule has 0 spiro atoms. The van der Waals surface area contributed by atoms with Gasteiger partial charge in [0.25, 0.3) is 0 Å². The summed E-state index contributed by atoms with van der Waals surface area (Å²) in [4.78, 5) is 12.3. The number of hydrogen-bond acceptors (Lipinski definition) is 2. The number of carboxylic acid groups (broad SMARTS) is 1. The molecule has 0 fully saturated rings. The molecule has 0 radical (unpaired) electrons. The third-order valence-electron chi connectivity index (χ3n) is 1.72. The van der Waals surface area contributed by atoms with Gasteiger partial charge in [0.05, 0.1) is 0 Å². The summed E-state index contributed by atoms with van der Waals surface area (Å²) in [6, 6.07) is 0. The number of aliphatic carboxylic acids is 1. The molecule has 0 aliphatic heterocycles. The molecular weight excluding hydrogens is 142 g/mol. The highest BCUT2D eigenvalue weighted by Crippen LogP contribution is 1.96. The topological polar surface area (TPSA) is 40.5 Å². The average Bonchev–Trinajstić information content (AvgIpc) is 1.97. The van der Waals surface area contributed by atoms with Crippen molar-refractivity contribution in [2.45, 2.75) is 26.2 Å². The third kappa shape index (κ3) is 7.33. The maximum absolute atomic E-state index is 10.1. The first-order valence-corrected chi connectivity index (χ1v) is 4.07. The fourth-order valence-electron chi connectivity index (χ4n) is 0.816. The standard InChI is InChI=1S/C8H17NO2/c1-3-9(2)7-5-4-6-8(10)11/h3-7H2,1-2H3,(H,10,11). The third-order valence-corrected chi connectivity index (χ3v) is 1.72. The Hall–Kier alpha value is -0.570. The first kappa shape index (κ1) is 10.4. The van der Waals surface area contributed by atoms with E-state index in [1.54, 1.807) is 0 Å². The summed E-state index contributed by atoms with van der Waals surface area (Å²) in [6.07, 6.45) is 2.08. The zero-order chi connectivity index (χ0) is 8.69. The van der Waals surface area contributed by atoms with Crippen molar-refractivity contribution in [3.8, 4) is 0 Å². The van der Waals surface area contributed by atoms with E-state index in [1.165, 1.54) is 0 Å². The van der Waals surface area contributed by atoms with Gasteiger partial charge in [-0.15, -0.1) is 0 Å². The molecule has 1 N–H and O–H groups in total. The van der Waals surface area contributed by atoms with Gasteiger partial charge in [-0.1, -0.05) is 6.92 Å². The lowest BCUT2D eigenvalue weighted by atomic mass is 10.2. The van der Waals surface area contributed by atoms with E-state index in [-0.39, 0.29) is 0 Å². The van der Waals surface area contributed by atoms with Crippen LogP contribution in [-0.2, 0) is 4.79 Å². The summed E-state index contributed by atoms with van der Waals surface area (Å²) in [6.45, 7) is 4.13. The van der Waals surface area contributed by atoms with Gasteiger partial charge in [0, 0.05) is 6.42 Å². The highest BCUT2D eigenvalue weighted by atomic mass is 16.4. The van der Waals surface area contributed by atoms with Crippen molar-refractivity contribution in [1.29, 1.82) is 0 Å². The Morgan fingerprint density at radius 1 is 1.45 bits per heavy atom. The van der Waals surface area contributed by atoms with E-state index in [4.69, 9.17) is 5.11 Å². The summed E-state index contributed by atoms with van der Waals surface area (Å²) >= 11 is 0. The summed E-state index contributed by atoms with van der Waals surface area (Å²) in [5.41, 5.74) is 0. The maximum Gasteiger partial charge on any atom is 0.303 e. The van der Waals surface area contributed by atoms with Crippen LogP contribution in [-0.4, -0.2) is 36.1 Å². The van der Waals surface area contributed by atoms with E-state index in [9.17, 15) is 4.79 Å². The molecule has 0 aromatic rings. The predicted molar refractivity (Wildman–Crippen MR) is 44.7 cm³/mol. The van der Waals surface area contributed by atoms with Crippen LogP contribution in [0.5, 0.6) is 0 Å². The largest absolute Gasteiger partial charge is 0.481 e. The van der Waals surface area contributed by atoms with Crippen LogP contribution in [0.1, 0.15) is 26.2 Å². The Balaban J connectivity index is 3.08. The fraction of sp³-hybridized carbons (Fsp3) is 0.875. The molecule has 0 saturated heterocycles. The minimum Gasteiger partial charge on any atom is -0.481 e. The number of carbonyl (C=O) groups is 1. The Morgan fingerprint density at radius 3 is 2.55 bits per heavy atom. The van der Waals surface area contributed by atoms with Gasteiger partial charge in [-0.05, 0) is 33.0 Å². The van der Waals surface area contributed by atoms with Gasteiger partial charge in [0.15, 0.2) is 0 Å². The molecule has 0 bridgehead atoms. The second kappa shape index (κ2) is 6.16. The lowest BCUT2D eigenvalue weighted by Crippen LogP contribution is -2.18. The van der Waals surface area contributed by atoms with Gasteiger partial charge in [0.2, 0.25) is 0 Å². The summed E-state index contributed by atoms with van der Waals surface area (Å²) < 4.78 is 0. The molecule has 0 aliphatic rings. The van der Waals surface area contributed by atoms with E-state index in [0.29, 0.717) is 6.42 Å². The van der Waals surface area contributed by atoms with Gasteiger partial charge < -0.3 is 10.0 Å². The molecule has 0 aromatic carbocycles.